The molecule has 25 heavy (non-hydrogen) atoms. The van der Waals surface area contributed by atoms with Gasteiger partial charge in [-0.1, -0.05) is 13.8 Å². The second-order valence-corrected chi connectivity index (χ2v) is 6.16. The van der Waals surface area contributed by atoms with Crippen LogP contribution < -0.4 is 0 Å². The molecule has 1 amide bonds. The number of nitrogens with zero attached hydrogens (tertiary/aromatic N) is 4. The molecule has 0 spiro atoms. The number of carboxylic acids is 1. The van der Waals surface area contributed by atoms with Crippen LogP contribution >= 0.6 is 0 Å². The maximum Gasteiger partial charge on any atom is 0.305 e. The molecule has 0 bridgehead atoms. The normalized spacial score (nSPS) is 10.9. The monoisotopic (exact) mass is 348 g/mol. The van der Waals surface area contributed by atoms with Crippen molar-refractivity contribution < 1.29 is 19.1 Å². The number of carbonyl (C=O) groups excluding carboxylic acids is 1. The first-order valence-corrected chi connectivity index (χ1v) is 7.98. The Morgan fingerprint density at radius 2 is 1.92 bits per heavy atom. The summed E-state index contributed by atoms with van der Waals surface area (Å²) >= 11 is 0. The molecule has 7 nitrogen and oxygen atoms in total. The predicted molar refractivity (Wildman–Crippen MR) is 89.0 cm³/mol. The summed E-state index contributed by atoms with van der Waals surface area (Å²) in [4.78, 5) is 29.1. The van der Waals surface area contributed by atoms with Gasteiger partial charge < -0.3 is 10.0 Å². The number of aromatic nitrogens is 3. The highest BCUT2D eigenvalue weighted by Crippen LogP contribution is 2.12. The SMILES string of the molecule is Cc1nc(C(=O)N(CCC(=O)O)CC(C)C)nn1-c1ccc(F)cc1. The largest absolute Gasteiger partial charge is 0.481 e. The molecule has 0 aliphatic carbocycles. The first-order chi connectivity index (χ1) is 11.8. The predicted octanol–water partition coefficient (Wildman–Crippen LogP) is 2.29. The smallest absolute Gasteiger partial charge is 0.305 e. The van der Waals surface area contributed by atoms with E-state index in [9.17, 15) is 14.0 Å². The quantitative estimate of drug-likeness (QED) is 0.829. The van der Waals surface area contributed by atoms with Crippen LogP contribution in [0.1, 0.15) is 36.7 Å². The second kappa shape index (κ2) is 7.87. The van der Waals surface area contributed by atoms with E-state index < -0.39 is 11.9 Å². The Morgan fingerprint density at radius 1 is 1.28 bits per heavy atom. The summed E-state index contributed by atoms with van der Waals surface area (Å²) in [5.41, 5.74) is 0.589. The molecular weight excluding hydrogens is 327 g/mol. The van der Waals surface area contributed by atoms with Crippen LogP contribution in [-0.4, -0.2) is 49.7 Å². The minimum Gasteiger partial charge on any atom is -0.481 e. The molecule has 0 aliphatic heterocycles. The Hall–Kier alpha value is -2.77. The fraction of sp³-hybridized carbons (Fsp3) is 0.412. The summed E-state index contributed by atoms with van der Waals surface area (Å²) in [6.45, 7) is 6.08. The fourth-order valence-corrected chi connectivity index (χ4v) is 2.40. The van der Waals surface area contributed by atoms with E-state index in [-0.39, 0.29) is 30.5 Å². The summed E-state index contributed by atoms with van der Waals surface area (Å²) in [5.74, 6) is -1.10. The Labute approximate surface area is 145 Å². The molecule has 8 heteroatoms. The molecule has 0 fully saturated rings. The van der Waals surface area contributed by atoms with E-state index >= 15 is 0 Å². The number of hydrogen-bond donors (Lipinski definition) is 1. The number of aliphatic carboxylic acids is 1. The molecule has 2 rings (SSSR count). The third kappa shape index (κ3) is 4.85. The number of halogens is 1. The van der Waals surface area contributed by atoms with Gasteiger partial charge in [0.05, 0.1) is 12.1 Å². The molecule has 1 aromatic heterocycles. The lowest BCUT2D eigenvalue weighted by molar-refractivity contribution is -0.137. The molecule has 1 N–H and O–H groups in total. The van der Waals surface area contributed by atoms with Gasteiger partial charge in [-0.05, 0) is 37.1 Å². The lowest BCUT2D eigenvalue weighted by Gasteiger charge is -2.22. The van der Waals surface area contributed by atoms with Gasteiger partial charge in [-0.25, -0.2) is 14.1 Å². The minimum absolute atomic E-state index is 0.00661. The third-order valence-electron chi connectivity index (χ3n) is 3.50. The molecule has 0 saturated carbocycles. The summed E-state index contributed by atoms with van der Waals surface area (Å²) < 4.78 is 14.5. The lowest BCUT2D eigenvalue weighted by atomic mass is 10.2. The van der Waals surface area contributed by atoms with Gasteiger partial charge in [0.1, 0.15) is 11.6 Å². The van der Waals surface area contributed by atoms with Gasteiger partial charge in [-0.3, -0.25) is 9.59 Å². The van der Waals surface area contributed by atoms with Gasteiger partial charge >= 0.3 is 5.97 Å². The van der Waals surface area contributed by atoms with Crippen LogP contribution in [0, 0.1) is 18.7 Å². The number of carbonyl (C=O) groups is 2. The lowest BCUT2D eigenvalue weighted by Crippen LogP contribution is -2.36. The third-order valence-corrected chi connectivity index (χ3v) is 3.50. The molecule has 0 atom stereocenters. The van der Waals surface area contributed by atoms with Crippen molar-refractivity contribution in [3.63, 3.8) is 0 Å². The average Bonchev–Trinajstić information content (AvgIpc) is 2.93. The van der Waals surface area contributed by atoms with Gasteiger partial charge in [0.15, 0.2) is 0 Å². The molecule has 0 radical (unpaired) electrons. The van der Waals surface area contributed by atoms with Gasteiger partial charge in [0.2, 0.25) is 5.82 Å². The van der Waals surface area contributed by atoms with Gasteiger partial charge in [0.25, 0.3) is 5.91 Å². The van der Waals surface area contributed by atoms with Crippen LogP contribution in [0.15, 0.2) is 24.3 Å². The van der Waals surface area contributed by atoms with E-state index in [1.54, 1.807) is 19.1 Å². The van der Waals surface area contributed by atoms with Crippen LogP contribution in [0.2, 0.25) is 0 Å². The molecule has 134 valence electrons. The minimum atomic E-state index is -0.970. The number of hydrogen-bond acceptors (Lipinski definition) is 4. The summed E-state index contributed by atoms with van der Waals surface area (Å²) in [6.07, 6.45) is -0.143. The second-order valence-electron chi connectivity index (χ2n) is 6.16. The number of aryl methyl sites for hydroxylation is 1. The van der Waals surface area contributed by atoms with Crippen molar-refractivity contribution in [2.75, 3.05) is 13.1 Å². The summed E-state index contributed by atoms with van der Waals surface area (Å²) in [5, 5.41) is 13.1. The molecular formula is C17H21FN4O3. The first kappa shape index (κ1) is 18.6. The van der Waals surface area contributed by atoms with Crippen molar-refractivity contribution in [1.29, 1.82) is 0 Å². The van der Waals surface area contributed by atoms with Crippen LogP contribution in [0.25, 0.3) is 5.69 Å². The van der Waals surface area contributed by atoms with Gasteiger partial charge in [-0.2, -0.15) is 0 Å². The average molecular weight is 348 g/mol. The number of carboxylic acid groups (broad SMARTS) is 1. The highest BCUT2D eigenvalue weighted by Gasteiger charge is 2.23. The van der Waals surface area contributed by atoms with E-state index in [0.717, 1.165) is 0 Å². The molecule has 0 unspecified atom stereocenters. The van der Waals surface area contributed by atoms with E-state index in [0.29, 0.717) is 18.1 Å². The standard InChI is InChI=1S/C17H21FN4O3/c1-11(2)10-21(9-8-15(23)24)17(25)16-19-12(3)22(20-16)14-6-4-13(18)5-7-14/h4-7,11H,8-10H2,1-3H3,(H,23,24). The van der Waals surface area contributed by atoms with E-state index in [1.807, 2.05) is 13.8 Å². The van der Waals surface area contributed by atoms with E-state index in [1.165, 1.54) is 21.7 Å². The van der Waals surface area contributed by atoms with Crippen LogP contribution in [-0.2, 0) is 4.79 Å². The van der Waals surface area contributed by atoms with Crippen molar-refractivity contribution in [2.24, 2.45) is 5.92 Å². The highest BCUT2D eigenvalue weighted by molar-refractivity contribution is 5.90. The summed E-state index contributed by atoms with van der Waals surface area (Å²) in [6, 6.07) is 5.69. The zero-order valence-electron chi connectivity index (χ0n) is 14.4. The van der Waals surface area contributed by atoms with Gasteiger partial charge in [0, 0.05) is 13.1 Å². The van der Waals surface area contributed by atoms with E-state index in [4.69, 9.17) is 5.11 Å². The van der Waals surface area contributed by atoms with Crippen molar-refractivity contribution in [1.82, 2.24) is 19.7 Å². The number of benzene rings is 1. The van der Waals surface area contributed by atoms with Gasteiger partial charge in [-0.15, -0.1) is 5.10 Å². The first-order valence-electron chi connectivity index (χ1n) is 7.98. The Morgan fingerprint density at radius 3 is 2.48 bits per heavy atom. The van der Waals surface area contributed by atoms with Crippen molar-refractivity contribution in [3.8, 4) is 5.69 Å². The molecule has 1 aromatic carbocycles. The van der Waals surface area contributed by atoms with Crippen molar-refractivity contribution >= 4 is 11.9 Å². The maximum atomic E-state index is 13.1. The zero-order valence-corrected chi connectivity index (χ0v) is 14.4. The number of rotatable bonds is 7. The molecule has 2 aromatic rings. The topological polar surface area (TPSA) is 88.3 Å². The Balaban J connectivity index is 2.26. The van der Waals surface area contributed by atoms with E-state index in [2.05, 4.69) is 10.1 Å². The molecule has 0 aliphatic rings. The Bertz CT molecular complexity index is 756. The Kier molecular flexibility index (Phi) is 5.84. The molecule has 0 saturated heterocycles. The number of amides is 1. The fourth-order valence-electron chi connectivity index (χ4n) is 2.40. The highest BCUT2D eigenvalue weighted by atomic mass is 19.1. The van der Waals surface area contributed by atoms with Crippen molar-refractivity contribution in [3.05, 3.63) is 41.7 Å². The maximum absolute atomic E-state index is 13.1. The summed E-state index contributed by atoms with van der Waals surface area (Å²) in [7, 11) is 0. The van der Waals surface area contributed by atoms with Crippen LogP contribution in [0.3, 0.4) is 0 Å². The van der Waals surface area contributed by atoms with Crippen LogP contribution in [0.4, 0.5) is 4.39 Å². The van der Waals surface area contributed by atoms with Crippen LogP contribution in [0.5, 0.6) is 0 Å². The zero-order chi connectivity index (χ0) is 18.6. The van der Waals surface area contributed by atoms with Crippen molar-refractivity contribution in [2.45, 2.75) is 27.2 Å². The molecule has 1 heterocycles.